The van der Waals surface area contributed by atoms with Crippen LogP contribution in [0.5, 0.6) is 0 Å². The van der Waals surface area contributed by atoms with Gasteiger partial charge in [0.05, 0.1) is 16.9 Å². The minimum atomic E-state index is -1.67. The topological polar surface area (TPSA) is 84.0 Å². The van der Waals surface area contributed by atoms with Crippen molar-refractivity contribution >= 4 is 16.8 Å². The minimum absolute atomic E-state index is 0.0142. The third-order valence-corrected chi connectivity index (χ3v) is 5.64. The molecule has 0 unspecified atom stereocenters. The summed E-state index contributed by atoms with van der Waals surface area (Å²) in [6.45, 7) is 1.38. The quantitative estimate of drug-likeness (QED) is 0.390. The molecular weight excluding hydrogens is 485 g/mol. The monoisotopic (exact) mass is 503 g/mol. The number of rotatable bonds is 6. The number of carbonyl (C=O) groups is 1. The summed E-state index contributed by atoms with van der Waals surface area (Å²) in [7, 11) is 0. The van der Waals surface area contributed by atoms with Crippen LogP contribution in [0.2, 0.25) is 0 Å². The van der Waals surface area contributed by atoms with Crippen LogP contribution in [0.4, 0.5) is 22.0 Å². The van der Waals surface area contributed by atoms with Crippen LogP contribution in [0, 0.1) is 29.1 Å². The lowest BCUT2D eigenvalue weighted by molar-refractivity contribution is -0.125. The van der Waals surface area contributed by atoms with Gasteiger partial charge in [0.1, 0.15) is 35.1 Å². The number of H-pyrrole nitrogens is 1. The van der Waals surface area contributed by atoms with Gasteiger partial charge < -0.3 is 10.3 Å². The van der Waals surface area contributed by atoms with Crippen molar-refractivity contribution in [3.8, 4) is 0 Å². The van der Waals surface area contributed by atoms with Crippen molar-refractivity contribution in [3.63, 3.8) is 0 Å². The second-order valence-electron chi connectivity index (χ2n) is 8.19. The number of aromatic nitrogens is 2. The van der Waals surface area contributed by atoms with Crippen molar-refractivity contribution < 1.29 is 26.7 Å². The van der Waals surface area contributed by atoms with Crippen LogP contribution in [0.1, 0.15) is 30.1 Å². The molecular formula is C25H18F5N3O3. The maximum atomic E-state index is 14.2. The Hall–Kier alpha value is -4.28. The highest BCUT2D eigenvalue weighted by Crippen LogP contribution is 2.21. The molecule has 186 valence electrons. The van der Waals surface area contributed by atoms with Crippen molar-refractivity contribution in [1.82, 2.24) is 14.9 Å². The maximum absolute atomic E-state index is 14.2. The molecule has 4 aromatic rings. The highest BCUT2D eigenvalue weighted by Gasteiger charge is 2.28. The molecule has 0 aliphatic rings. The second kappa shape index (κ2) is 9.76. The van der Waals surface area contributed by atoms with E-state index < -0.39 is 64.7 Å². The Balaban J connectivity index is 1.81. The Kier molecular flexibility index (Phi) is 6.73. The summed E-state index contributed by atoms with van der Waals surface area (Å²) in [6, 6.07) is 5.54. The average Bonchev–Trinajstić information content (AvgIpc) is 2.78. The summed E-state index contributed by atoms with van der Waals surface area (Å²) < 4.78 is 69.4. The molecule has 0 saturated carbocycles. The SMILES string of the molecule is C[C@@H](NC(=O)[C@H](Cc1cc(F)cc(F)c1)n1c(=O)[nH]c2ccc(F)cc2c1=O)c1ccc(F)cc1F. The average molecular weight is 503 g/mol. The molecule has 36 heavy (non-hydrogen) atoms. The highest BCUT2D eigenvalue weighted by molar-refractivity contribution is 5.82. The first-order valence-electron chi connectivity index (χ1n) is 10.7. The van der Waals surface area contributed by atoms with Gasteiger partial charge in [-0.05, 0) is 48.9 Å². The standard InChI is InChI=1S/C25H18F5N3O3/c1-12(18-4-2-15(27)11-20(18)30)31-23(34)22(8-13-6-16(28)9-17(29)7-13)33-24(35)19-10-14(26)3-5-21(19)32-25(33)36/h2-7,9-12,22H,8H2,1H3,(H,31,34)(H,32,36)/t12-,22+/m1/s1. The molecule has 1 heterocycles. The number of hydrogen-bond acceptors (Lipinski definition) is 3. The molecule has 3 aromatic carbocycles. The van der Waals surface area contributed by atoms with E-state index in [1.54, 1.807) is 0 Å². The van der Waals surface area contributed by atoms with E-state index in [-0.39, 0.29) is 22.0 Å². The number of benzene rings is 3. The van der Waals surface area contributed by atoms with Crippen molar-refractivity contribution in [2.45, 2.75) is 25.4 Å². The molecule has 0 saturated heterocycles. The molecule has 1 aromatic heterocycles. The molecule has 11 heteroatoms. The molecule has 0 fully saturated rings. The molecule has 0 radical (unpaired) electrons. The zero-order valence-electron chi connectivity index (χ0n) is 18.6. The summed E-state index contributed by atoms with van der Waals surface area (Å²) in [5.41, 5.74) is -2.18. The molecule has 6 nitrogen and oxygen atoms in total. The van der Waals surface area contributed by atoms with Crippen LogP contribution < -0.4 is 16.6 Å². The fourth-order valence-electron chi connectivity index (χ4n) is 3.98. The Bertz CT molecular complexity index is 1580. The number of nitrogens with zero attached hydrogens (tertiary/aromatic N) is 1. The third kappa shape index (κ3) is 5.04. The Morgan fingerprint density at radius 2 is 1.53 bits per heavy atom. The van der Waals surface area contributed by atoms with Gasteiger partial charge in [0, 0.05) is 24.1 Å². The minimum Gasteiger partial charge on any atom is -0.348 e. The number of hydrogen-bond donors (Lipinski definition) is 2. The lowest BCUT2D eigenvalue weighted by Gasteiger charge is -2.22. The largest absolute Gasteiger partial charge is 0.348 e. The second-order valence-corrected chi connectivity index (χ2v) is 8.19. The predicted octanol–water partition coefficient (Wildman–Crippen LogP) is 4.05. The summed E-state index contributed by atoms with van der Waals surface area (Å²) in [5, 5.41) is 2.20. The van der Waals surface area contributed by atoms with Gasteiger partial charge in [0.2, 0.25) is 5.91 Å². The van der Waals surface area contributed by atoms with Gasteiger partial charge >= 0.3 is 5.69 Å². The van der Waals surface area contributed by atoms with E-state index in [4.69, 9.17) is 0 Å². The Labute approximate surface area is 200 Å². The van der Waals surface area contributed by atoms with E-state index in [0.29, 0.717) is 16.7 Å². The fraction of sp³-hybridized carbons (Fsp3) is 0.160. The lowest BCUT2D eigenvalue weighted by atomic mass is 10.0. The molecule has 0 bridgehead atoms. The first-order chi connectivity index (χ1) is 17.0. The molecule has 0 spiro atoms. The maximum Gasteiger partial charge on any atom is 0.329 e. The third-order valence-electron chi connectivity index (χ3n) is 5.64. The normalized spacial score (nSPS) is 12.9. The molecule has 2 atom stereocenters. The zero-order valence-corrected chi connectivity index (χ0v) is 18.6. The van der Waals surface area contributed by atoms with Crippen molar-refractivity contribution in [2.24, 2.45) is 0 Å². The lowest BCUT2D eigenvalue weighted by Crippen LogP contribution is -2.46. The fourth-order valence-corrected chi connectivity index (χ4v) is 3.98. The van der Waals surface area contributed by atoms with Gasteiger partial charge in [-0.2, -0.15) is 0 Å². The van der Waals surface area contributed by atoms with E-state index in [1.807, 2.05) is 0 Å². The van der Waals surface area contributed by atoms with Crippen LogP contribution in [0.3, 0.4) is 0 Å². The van der Waals surface area contributed by atoms with Gasteiger partial charge in [0.15, 0.2) is 0 Å². The number of nitrogens with one attached hydrogen (secondary N) is 2. The summed E-state index contributed by atoms with van der Waals surface area (Å²) in [5.74, 6) is -5.42. The van der Waals surface area contributed by atoms with Gasteiger partial charge in [0.25, 0.3) is 5.56 Å². The van der Waals surface area contributed by atoms with Crippen LogP contribution >= 0.6 is 0 Å². The smallest absolute Gasteiger partial charge is 0.329 e. The molecule has 1 amide bonds. The van der Waals surface area contributed by atoms with E-state index in [9.17, 15) is 36.3 Å². The molecule has 2 N–H and O–H groups in total. The van der Waals surface area contributed by atoms with Crippen molar-refractivity contribution in [2.75, 3.05) is 0 Å². The summed E-state index contributed by atoms with van der Waals surface area (Å²) in [6.07, 6.45) is -0.511. The van der Waals surface area contributed by atoms with E-state index in [1.165, 1.54) is 13.0 Å². The summed E-state index contributed by atoms with van der Waals surface area (Å²) >= 11 is 0. The summed E-state index contributed by atoms with van der Waals surface area (Å²) in [4.78, 5) is 41.7. The first-order valence-corrected chi connectivity index (χ1v) is 10.7. The zero-order chi connectivity index (χ0) is 26.1. The van der Waals surface area contributed by atoms with Gasteiger partial charge in [-0.3, -0.25) is 9.59 Å². The first kappa shape index (κ1) is 24.8. The van der Waals surface area contributed by atoms with Crippen LogP contribution in [0.15, 0.2) is 64.2 Å². The van der Waals surface area contributed by atoms with E-state index in [2.05, 4.69) is 10.3 Å². The Morgan fingerprint density at radius 3 is 2.19 bits per heavy atom. The number of amides is 1. The predicted molar refractivity (Wildman–Crippen MR) is 121 cm³/mol. The van der Waals surface area contributed by atoms with Gasteiger partial charge in [-0.1, -0.05) is 6.07 Å². The van der Waals surface area contributed by atoms with Gasteiger partial charge in [-0.15, -0.1) is 0 Å². The van der Waals surface area contributed by atoms with Crippen molar-refractivity contribution in [1.29, 1.82) is 0 Å². The van der Waals surface area contributed by atoms with Gasteiger partial charge in [-0.25, -0.2) is 31.3 Å². The highest BCUT2D eigenvalue weighted by atomic mass is 19.1. The van der Waals surface area contributed by atoms with E-state index >= 15 is 0 Å². The number of aromatic amines is 1. The molecule has 0 aliphatic carbocycles. The van der Waals surface area contributed by atoms with E-state index in [0.717, 1.165) is 36.4 Å². The Morgan fingerprint density at radius 1 is 0.889 bits per heavy atom. The number of carbonyl (C=O) groups excluding carboxylic acids is 1. The molecule has 0 aliphatic heterocycles. The van der Waals surface area contributed by atoms with Crippen LogP contribution in [-0.4, -0.2) is 15.5 Å². The molecule has 4 rings (SSSR count). The number of fused-ring (bicyclic) bond motifs is 1. The van der Waals surface area contributed by atoms with Crippen molar-refractivity contribution in [3.05, 3.63) is 116 Å². The van der Waals surface area contributed by atoms with Crippen LogP contribution in [-0.2, 0) is 11.2 Å². The number of halogens is 5. The van der Waals surface area contributed by atoms with Crippen LogP contribution in [0.25, 0.3) is 10.9 Å².